The predicted octanol–water partition coefficient (Wildman–Crippen LogP) is 1.95. The molecule has 0 rings (SSSR count). The van der Waals surface area contributed by atoms with Crippen LogP contribution in [0.4, 0.5) is 0 Å². The number of nitrogens with one attached hydrogen (secondary N) is 1. The molecule has 4 nitrogen and oxygen atoms in total. The molecule has 0 bridgehead atoms. The highest BCUT2D eigenvalue weighted by Gasteiger charge is 2.34. The first-order valence-electron chi connectivity index (χ1n) is 6.58. The highest BCUT2D eigenvalue weighted by atomic mass is 16.4. The first kappa shape index (κ1) is 16.4. The molecule has 0 saturated heterocycles. The van der Waals surface area contributed by atoms with Gasteiger partial charge in [-0.1, -0.05) is 13.8 Å². The van der Waals surface area contributed by atoms with Crippen LogP contribution in [0, 0.1) is 0 Å². The van der Waals surface area contributed by atoms with Crippen LogP contribution in [-0.4, -0.2) is 47.7 Å². The maximum atomic E-state index is 11.4. The van der Waals surface area contributed by atoms with Gasteiger partial charge >= 0.3 is 5.97 Å². The van der Waals surface area contributed by atoms with Crippen LogP contribution in [0.15, 0.2) is 0 Å². The molecule has 102 valence electrons. The van der Waals surface area contributed by atoms with Gasteiger partial charge in [0.2, 0.25) is 0 Å². The van der Waals surface area contributed by atoms with Crippen LogP contribution in [-0.2, 0) is 4.79 Å². The molecular formula is C13H28N2O2. The van der Waals surface area contributed by atoms with Crippen molar-refractivity contribution in [2.24, 2.45) is 0 Å². The van der Waals surface area contributed by atoms with Crippen molar-refractivity contribution in [1.29, 1.82) is 0 Å². The topological polar surface area (TPSA) is 52.6 Å². The van der Waals surface area contributed by atoms with E-state index in [0.29, 0.717) is 25.4 Å². The Kier molecular flexibility index (Phi) is 7.39. The minimum absolute atomic E-state index is 0.509. The zero-order valence-electron chi connectivity index (χ0n) is 11.9. The summed E-state index contributed by atoms with van der Waals surface area (Å²) in [4.78, 5) is 13.6. The summed E-state index contributed by atoms with van der Waals surface area (Å²) in [5.74, 6) is -0.728. The van der Waals surface area contributed by atoms with E-state index in [2.05, 4.69) is 31.1 Å². The first-order valence-corrected chi connectivity index (χ1v) is 6.58. The molecule has 0 aromatic carbocycles. The molecule has 0 radical (unpaired) electrons. The van der Waals surface area contributed by atoms with Crippen molar-refractivity contribution in [2.45, 2.75) is 58.5 Å². The van der Waals surface area contributed by atoms with Crippen molar-refractivity contribution >= 4 is 5.97 Å². The number of likely N-dealkylation sites (N-methyl/N-ethyl adjacent to an activating group) is 1. The molecule has 1 unspecified atom stereocenters. The molecule has 0 aliphatic heterocycles. The van der Waals surface area contributed by atoms with Gasteiger partial charge in [-0.15, -0.1) is 0 Å². The predicted molar refractivity (Wildman–Crippen MR) is 71.3 cm³/mol. The van der Waals surface area contributed by atoms with Gasteiger partial charge in [-0.25, -0.2) is 0 Å². The van der Waals surface area contributed by atoms with Crippen LogP contribution in [0.3, 0.4) is 0 Å². The Morgan fingerprint density at radius 3 is 2.35 bits per heavy atom. The van der Waals surface area contributed by atoms with Crippen LogP contribution in [0.5, 0.6) is 0 Å². The number of carbonyl (C=O) groups is 1. The van der Waals surface area contributed by atoms with Crippen molar-refractivity contribution in [3.8, 4) is 0 Å². The van der Waals surface area contributed by atoms with E-state index in [1.165, 1.54) is 0 Å². The summed E-state index contributed by atoms with van der Waals surface area (Å²) in [6.07, 6.45) is 2.22. The maximum Gasteiger partial charge on any atom is 0.323 e. The third kappa shape index (κ3) is 5.04. The van der Waals surface area contributed by atoms with Gasteiger partial charge in [-0.05, 0) is 53.2 Å². The van der Waals surface area contributed by atoms with Gasteiger partial charge in [0.25, 0.3) is 0 Å². The third-order valence-corrected chi connectivity index (χ3v) is 3.52. The average Bonchev–Trinajstić information content (AvgIpc) is 2.27. The Hall–Kier alpha value is -0.610. The van der Waals surface area contributed by atoms with E-state index in [0.717, 1.165) is 13.0 Å². The second-order valence-corrected chi connectivity index (χ2v) is 4.95. The van der Waals surface area contributed by atoms with Gasteiger partial charge in [0.1, 0.15) is 5.54 Å². The number of hydrogen-bond donors (Lipinski definition) is 2. The molecule has 17 heavy (non-hydrogen) atoms. The summed E-state index contributed by atoms with van der Waals surface area (Å²) in [5.41, 5.74) is -0.743. The molecule has 4 heteroatoms. The summed E-state index contributed by atoms with van der Waals surface area (Å²) in [6.45, 7) is 9.82. The second kappa shape index (κ2) is 7.67. The molecule has 1 atom stereocenters. The molecule has 0 aromatic rings. The number of rotatable bonds is 9. The van der Waals surface area contributed by atoms with E-state index in [-0.39, 0.29) is 0 Å². The molecule has 0 saturated carbocycles. The molecule has 0 aliphatic rings. The van der Waals surface area contributed by atoms with Crippen molar-refractivity contribution in [2.75, 3.05) is 20.1 Å². The molecule has 2 N–H and O–H groups in total. The lowest BCUT2D eigenvalue weighted by molar-refractivity contribution is -0.145. The third-order valence-electron chi connectivity index (χ3n) is 3.52. The van der Waals surface area contributed by atoms with Crippen LogP contribution in [0.1, 0.15) is 47.0 Å². The van der Waals surface area contributed by atoms with Gasteiger partial charge in [0, 0.05) is 6.04 Å². The molecule has 0 amide bonds. The molecule has 0 aromatic heterocycles. The normalized spacial score (nSPS) is 15.2. The smallest absolute Gasteiger partial charge is 0.323 e. The SMILES string of the molecule is CCNC(CC)(CCCN(C)C(C)C)C(=O)O. The fraction of sp³-hybridized carbons (Fsp3) is 0.923. The second-order valence-electron chi connectivity index (χ2n) is 4.95. The average molecular weight is 244 g/mol. The van der Waals surface area contributed by atoms with Crippen molar-refractivity contribution in [3.63, 3.8) is 0 Å². The summed E-state index contributed by atoms with van der Waals surface area (Å²) < 4.78 is 0. The van der Waals surface area contributed by atoms with Gasteiger partial charge < -0.3 is 15.3 Å². The van der Waals surface area contributed by atoms with Crippen molar-refractivity contribution in [3.05, 3.63) is 0 Å². The largest absolute Gasteiger partial charge is 0.480 e. The lowest BCUT2D eigenvalue weighted by Gasteiger charge is -2.30. The number of carboxylic acid groups (broad SMARTS) is 1. The number of hydrogen-bond acceptors (Lipinski definition) is 3. The fourth-order valence-corrected chi connectivity index (χ4v) is 1.95. The number of aliphatic carboxylic acids is 1. The van der Waals surface area contributed by atoms with E-state index in [4.69, 9.17) is 0 Å². The standard InChI is InChI=1S/C13H28N2O2/c1-6-13(12(16)17,14-7-2)9-8-10-15(5)11(3)4/h11,14H,6-10H2,1-5H3,(H,16,17). The van der Waals surface area contributed by atoms with E-state index in [9.17, 15) is 9.90 Å². The van der Waals surface area contributed by atoms with Crippen molar-refractivity contribution < 1.29 is 9.90 Å². The van der Waals surface area contributed by atoms with Crippen LogP contribution >= 0.6 is 0 Å². The zero-order chi connectivity index (χ0) is 13.5. The molecule has 0 heterocycles. The Bertz CT molecular complexity index is 231. The van der Waals surface area contributed by atoms with E-state index in [1.807, 2.05) is 13.8 Å². The van der Waals surface area contributed by atoms with Crippen molar-refractivity contribution in [1.82, 2.24) is 10.2 Å². The van der Waals surface area contributed by atoms with Gasteiger partial charge in [0.15, 0.2) is 0 Å². The monoisotopic (exact) mass is 244 g/mol. The Labute approximate surface area is 105 Å². The summed E-state index contributed by atoms with van der Waals surface area (Å²) in [6, 6.07) is 0.509. The minimum Gasteiger partial charge on any atom is -0.480 e. The maximum absolute atomic E-state index is 11.4. The number of nitrogens with zero attached hydrogens (tertiary/aromatic N) is 1. The fourth-order valence-electron chi connectivity index (χ4n) is 1.95. The molecule has 0 fully saturated rings. The van der Waals surface area contributed by atoms with E-state index < -0.39 is 11.5 Å². The Morgan fingerprint density at radius 2 is 2.00 bits per heavy atom. The lowest BCUT2D eigenvalue weighted by Crippen LogP contribution is -2.52. The van der Waals surface area contributed by atoms with E-state index in [1.54, 1.807) is 0 Å². The number of carboxylic acids is 1. The molecule has 0 spiro atoms. The van der Waals surface area contributed by atoms with Gasteiger partial charge in [-0.3, -0.25) is 4.79 Å². The highest BCUT2D eigenvalue weighted by Crippen LogP contribution is 2.18. The summed E-state index contributed by atoms with van der Waals surface area (Å²) in [7, 11) is 2.08. The lowest BCUT2D eigenvalue weighted by atomic mass is 9.90. The highest BCUT2D eigenvalue weighted by molar-refractivity contribution is 5.78. The van der Waals surface area contributed by atoms with E-state index >= 15 is 0 Å². The van der Waals surface area contributed by atoms with Crippen LogP contribution in [0.25, 0.3) is 0 Å². The first-order chi connectivity index (χ1) is 7.89. The van der Waals surface area contributed by atoms with Crippen LogP contribution < -0.4 is 5.32 Å². The molecular weight excluding hydrogens is 216 g/mol. The molecule has 0 aliphatic carbocycles. The summed E-state index contributed by atoms with van der Waals surface area (Å²) >= 11 is 0. The Morgan fingerprint density at radius 1 is 1.41 bits per heavy atom. The minimum atomic E-state index is -0.743. The Balaban J connectivity index is 4.31. The zero-order valence-corrected chi connectivity index (χ0v) is 11.9. The van der Waals surface area contributed by atoms with Gasteiger partial charge in [0.05, 0.1) is 0 Å². The van der Waals surface area contributed by atoms with Gasteiger partial charge in [-0.2, -0.15) is 0 Å². The summed E-state index contributed by atoms with van der Waals surface area (Å²) in [5, 5.41) is 12.5. The quantitative estimate of drug-likeness (QED) is 0.651. The van der Waals surface area contributed by atoms with Crippen LogP contribution in [0.2, 0.25) is 0 Å².